The van der Waals surface area contributed by atoms with E-state index < -0.39 is 0 Å². The first-order valence-corrected chi connectivity index (χ1v) is 6.73. The summed E-state index contributed by atoms with van der Waals surface area (Å²) in [4.78, 5) is 17.1. The molecule has 0 radical (unpaired) electrons. The first-order chi connectivity index (χ1) is 9.13. The van der Waals surface area contributed by atoms with Crippen molar-refractivity contribution in [1.29, 1.82) is 0 Å². The van der Waals surface area contributed by atoms with Gasteiger partial charge in [-0.05, 0) is 32.4 Å². The summed E-state index contributed by atoms with van der Waals surface area (Å²) in [6.07, 6.45) is 2.13. The number of pyridine rings is 1. The minimum Gasteiger partial charge on any atom is -0.352 e. The van der Waals surface area contributed by atoms with E-state index in [9.17, 15) is 10.1 Å². The molecule has 0 aromatic carbocycles. The van der Waals surface area contributed by atoms with Crippen LogP contribution in [0.15, 0.2) is 12.1 Å². The van der Waals surface area contributed by atoms with Crippen LogP contribution in [-0.2, 0) is 0 Å². The molecule has 0 saturated carbocycles. The van der Waals surface area contributed by atoms with Gasteiger partial charge in [0.15, 0.2) is 0 Å². The maximum atomic E-state index is 10.8. The summed E-state index contributed by atoms with van der Waals surface area (Å²) in [5, 5.41) is 14.2. The molecule has 0 aliphatic carbocycles. The Hall–Kier alpha value is -1.69. The van der Waals surface area contributed by atoms with E-state index in [1.807, 2.05) is 0 Å². The van der Waals surface area contributed by atoms with Crippen molar-refractivity contribution in [3.63, 3.8) is 0 Å². The molecule has 19 heavy (non-hydrogen) atoms. The van der Waals surface area contributed by atoms with Gasteiger partial charge in [-0.1, -0.05) is 6.92 Å². The van der Waals surface area contributed by atoms with Crippen LogP contribution >= 0.6 is 0 Å². The van der Waals surface area contributed by atoms with Crippen molar-refractivity contribution in [2.75, 3.05) is 24.5 Å². The maximum absolute atomic E-state index is 10.8. The van der Waals surface area contributed by atoms with Crippen molar-refractivity contribution in [2.45, 2.75) is 32.7 Å². The van der Waals surface area contributed by atoms with Crippen LogP contribution < -0.4 is 10.2 Å². The Bertz CT molecular complexity index is 458. The fourth-order valence-corrected chi connectivity index (χ4v) is 2.52. The minimum absolute atomic E-state index is 0.0877. The molecule has 1 aliphatic rings. The second-order valence-corrected chi connectivity index (χ2v) is 4.87. The van der Waals surface area contributed by atoms with E-state index in [0.717, 1.165) is 38.3 Å². The molecule has 1 aromatic heterocycles. The highest BCUT2D eigenvalue weighted by atomic mass is 16.6. The lowest BCUT2D eigenvalue weighted by Crippen LogP contribution is -2.38. The van der Waals surface area contributed by atoms with Crippen LogP contribution in [0, 0.1) is 17.0 Å². The first kappa shape index (κ1) is 13.7. The van der Waals surface area contributed by atoms with Gasteiger partial charge in [0.25, 0.3) is 5.69 Å². The van der Waals surface area contributed by atoms with E-state index in [4.69, 9.17) is 0 Å². The predicted molar refractivity (Wildman–Crippen MR) is 74.5 cm³/mol. The van der Waals surface area contributed by atoms with Gasteiger partial charge in [0, 0.05) is 25.2 Å². The lowest BCUT2D eigenvalue weighted by atomic mass is 10.2. The van der Waals surface area contributed by atoms with E-state index in [2.05, 4.69) is 22.1 Å². The van der Waals surface area contributed by atoms with E-state index in [1.165, 1.54) is 0 Å². The number of anilines is 1. The molecule has 2 rings (SSSR count). The van der Waals surface area contributed by atoms with Gasteiger partial charge in [-0.3, -0.25) is 10.1 Å². The Labute approximate surface area is 113 Å². The number of hydrogen-bond donors (Lipinski definition) is 1. The number of rotatable bonds is 5. The standard InChI is InChI=1S/C13H20N4O2/c1-3-8-16(11-6-7-14-9-11)13-5-4-12(17(18)19)10(2)15-13/h4-5,11,14H,3,6-9H2,1-2H3. The fraction of sp³-hybridized carbons (Fsp3) is 0.615. The highest BCUT2D eigenvalue weighted by Crippen LogP contribution is 2.23. The third-order valence-corrected chi connectivity index (χ3v) is 3.47. The van der Waals surface area contributed by atoms with Gasteiger partial charge in [-0.25, -0.2) is 4.98 Å². The topological polar surface area (TPSA) is 71.3 Å². The molecule has 104 valence electrons. The Morgan fingerprint density at radius 1 is 1.58 bits per heavy atom. The number of aryl methyl sites for hydroxylation is 1. The Morgan fingerprint density at radius 2 is 2.37 bits per heavy atom. The minimum atomic E-state index is -0.382. The van der Waals surface area contributed by atoms with Crippen molar-refractivity contribution in [2.24, 2.45) is 0 Å². The van der Waals surface area contributed by atoms with Crippen molar-refractivity contribution in [3.8, 4) is 0 Å². The zero-order valence-electron chi connectivity index (χ0n) is 11.4. The summed E-state index contributed by atoms with van der Waals surface area (Å²) in [6, 6.07) is 3.76. The third-order valence-electron chi connectivity index (χ3n) is 3.47. The van der Waals surface area contributed by atoms with Crippen LogP contribution in [0.5, 0.6) is 0 Å². The SMILES string of the molecule is CCCN(c1ccc([N+](=O)[O-])c(C)n1)C1CCNC1. The molecular formula is C13H20N4O2. The van der Waals surface area contributed by atoms with Gasteiger partial charge in [0.2, 0.25) is 0 Å². The summed E-state index contributed by atoms with van der Waals surface area (Å²) >= 11 is 0. The van der Waals surface area contributed by atoms with Gasteiger partial charge in [0.1, 0.15) is 11.5 Å². The molecule has 1 aromatic rings. The van der Waals surface area contributed by atoms with Crippen molar-refractivity contribution >= 4 is 11.5 Å². The molecule has 1 unspecified atom stereocenters. The highest BCUT2D eigenvalue weighted by Gasteiger charge is 2.24. The van der Waals surface area contributed by atoms with Crippen LogP contribution in [0.4, 0.5) is 11.5 Å². The molecule has 1 atom stereocenters. The zero-order valence-corrected chi connectivity index (χ0v) is 11.4. The smallest absolute Gasteiger partial charge is 0.290 e. The summed E-state index contributed by atoms with van der Waals surface area (Å²) in [5.41, 5.74) is 0.569. The predicted octanol–water partition coefficient (Wildman–Crippen LogP) is 1.88. The maximum Gasteiger partial charge on any atom is 0.290 e. The van der Waals surface area contributed by atoms with Crippen molar-refractivity contribution in [1.82, 2.24) is 10.3 Å². The van der Waals surface area contributed by atoms with E-state index in [-0.39, 0.29) is 10.6 Å². The lowest BCUT2D eigenvalue weighted by Gasteiger charge is -2.29. The monoisotopic (exact) mass is 264 g/mol. The molecule has 1 fully saturated rings. The van der Waals surface area contributed by atoms with Gasteiger partial charge < -0.3 is 10.2 Å². The number of nitrogens with one attached hydrogen (secondary N) is 1. The van der Waals surface area contributed by atoms with Crippen molar-refractivity contribution < 1.29 is 4.92 Å². The van der Waals surface area contributed by atoms with Crippen molar-refractivity contribution in [3.05, 3.63) is 27.9 Å². The molecule has 2 heterocycles. The van der Waals surface area contributed by atoms with Gasteiger partial charge in [0.05, 0.1) is 4.92 Å². The molecular weight excluding hydrogens is 244 g/mol. The van der Waals surface area contributed by atoms with Crippen LogP contribution in [-0.4, -0.2) is 35.6 Å². The molecule has 1 saturated heterocycles. The summed E-state index contributed by atoms with van der Waals surface area (Å²) in [7, 11) is 0. The second kappa shape index (κ2) is 5.97. The van der Waals surface area contributed by atoms with Crippen LogP contribution in [0.1, 0.15) is 25.5 Å². The largest absolute Gasteiger partial charge is 0.352 e. The molecule has 0 amide bonds. The molecule has 0 spiro atoms. The Kier molecular flexibility index (Phi) is 4.31. The Balaban J connectivity index is 2.26. The first-order valence-electron chi connectivity index (χ1n) is 6.73. The number of aromatic nitrogens is 1. The number of nitro groups is 1. The number of nitrogens with zero attached hydrogens (tertiary/aromatic N) is 3. The summed E-state index contributed by atoms with van der Waals surface area (Å²) < 4.78 is 0. The second-order valence-electron chi connectivity index (χ2n) is 4.87. The average molecular weight is 264 g/mol. The Morgan fingerprint density at radius 3 is 2.89 bits per heavy atom. The normalized spacial score (nSPS) is 18.5. The molecule has 1 N–H and O–H groups in total. The zero-order chi connectivity index (χ0) is 13.8. The van der Waals surface area contributed by atoms with Crippen LogP contribution in [0.2, 0.25) is 0 Å². The third kappa shape index (κ3) is 3.01. The highest BCUT2D eigenvalue weighted by molar-refractivity contribution is 5.47. The van der Waals surface area contributed by atoms with Gasteiger partial charge >= 0.3 is 0 Å². The fourth-order valence-electron chi connectivity index (χ4n) is 2.52. The molecule has 6 heteroatoms. The van der Waals surface area contributed by atoms with Crippen LogP contribution in [0.3, 0.4) is 0 Å². The van der Waals surface area contributed by atoms with Crippen LogP contribution in [0.25, 0.3) is 0 Å². The number of hydrogen-bond acceptors (Lipinski definition) is 5. The van der Waals surface area contributed by atoms with E-state index in [1.54, 1.807) is 19.1 Å². The van der Waals surface area contributed by atoms with Gasteiger partial charge in [-0.15, -0.1) is 0 Å². The molecule has 6 nitrogen and oxygen atoms in total. The lowest BCUT2D eigenvalue weighted by molar-refractivity contribution is -0.385. The summed E-state index contributed by atoms with van der Waals surface area (Å²) in [6.45, 7) is 6.73. The van der Waals surface area contributed by atoms with E-state index in [0.29, 0.717) is 11.7 Å². The van der Waals surface area contributed by atoms with E-state index >= 15 is 0 Å². The summed E-state index contributed by atoms with van der Waals surface area (Å²) in [5.74, 6) is 0.846. The van der Waals surface area contributed by atoms with Gasteiger partial charge in [-0.2, -0.15) is 0 Å². The molecule has 1 aliphatic heterocycles. The quantitative estimate of drug-likeness (QED) is 0.649. The molecule has 0 bridgehead atoms. The average Bonchev–Trinajstić information content (AvgIpc) is 2.89.